The van der Waals surface area contributed by atoms with Gasteiger partial charge in [0.15, 0.2) is 0 Å². The van der Waals surface area contributed by atoms with Crippen LogP contribution in [0, 0.1) is 5.82 Å². The van der Waals surface area contributed by atoms with Crippen LogP contribution in [0.5, 0.6) is 0 Å². The van der Waals surface area contributed by atoms with Crippen molar-refractivity contribution in [2.24, 2.45) is 0 Å². The maximum Gasteiger partial charge on any atom is 0.272 e. The summed E-state index contributed by atoms with van der Waals surface area (Å²) in [5.41, 5.74) is 1.32. The van der Waals surface area contributed by atoms with Gasteiger partial charge in [-0.2, -0.15) is 5.10 Å². The van der Waals surface area contributed by atoms with E-state index < -0.39 is 5.82 Å². The zero-order valence-corrected chi connectivity index (χ0v) is 17.9. The van der Waals surface area contributed by atoms with Crippen LogP contribution in [0.4, 0.5) is 4.39 Å². The molecule has 2 aliphatic rings. The van der Waals surface area contributed by atoms with Crippen molar-refractivity contribution in [3.8, 4) is 0 Å². The van der Waals surface area contributed by atoms with Gasteiger partial charge in [-0.3, -0.25) is 9.59 Å². The molecule has 1 saturated carbocycles. The summed E-state index contributed by atoms with van der Waals surface area (Å²) in [7, 11) is 0. The molecule has 7 heteroatoms. The van der Waals surface area contributed by atoms with Crippen LogP contribution < -0.4 is 10.9 Å². The average molecular weight is 435 g/mol. The molecule has 1 atom stereocenters. The van der Waals surface area contributed by atoms with E-state index in [9.17, 15) is 14.0 Å². The number of aromatic nitrogens is 2. The van der Waals surface area contributed by atoms with Crippen molar-refractivity contribution >= 4 is 16.7 Å². The number of nitrogens with one attached hydrogen (secondary N) is 2. The van der Waals surface area contributed by atoms with Gasteiger partial charge in [-0.05, 0) is 43.0 Å². The van der Waals surface area contributed by atoms with Crippen LogP contribution in [0.3, 0.4) is 0 Å². The van der Waals surface area contributed by atoms with E-state index in [1.54, 1.807) is 29.2 Å². The number of carbonyl (C=O) groups is 1. The number of nitrogens with zero attached hydrogens (tertiary/aromatic N) is 2. The minimum absolute atomic E-state index is 0.0951. The summed E-state index contributed by atoms with van der Waals surface area (Å²) in [4.78, 5) is 26.9. The number of rotatable bonds is 5. The minimum atomic E-state index is -0.509. The first kappa shape index (κ1) is 20.8. The number of amides is 1. The molecule has 1 aliphatic carbocycles. The molecule has 3 aromatic rings. The quantitative estimate of drug-likeness (QED) is 0.645. The lowest BCUT2D eigenvalue weighted by Gasteiger charge is -2.20. The molecule has 2 heterocycles. The van der Waals surface area contributed by atoms with E-state index in [0.717, 1.165) is 17.4 Å². The predicted octanol–water partition coefficient (Wildman–Crippen LogP) is 3.40. The zero-order valence-electron chi connectivity index (χ0n) is 17.9. The third-order valence-electron chi connectivity index (χ3n) is 6.71. The van der Waals surface area contributed by atoms with Gasteiger partial charge in [-0.15, -0.1) is 0 Å². The van der Waals surface area contributed by atoms with E-state index in [-0.39, 0.29) is 23.1 Å². The molecular formula is C25H27FN4O2. The van der Waals surface area contributed by atoms with Crippen molar-refractivity contribution in [2.45, 2.75) is 50.6 Å². The van der Waals surface area contributed by atoms with Gasteiger partial charge in [0.25, 0.3) is 11.5 Å². The fourth-order valence-corrected chi connectivity index (χ4v) is 5.02. The molecule has 166 valence electrons. The second kappa shape index (κ2) is 8.82. The Morgan fingerprint density at radius 2 is 1.88 bits per heavy atom. The molecular weight excluding hydrogens is 407 g/mol. The van der Waals surface area contributed by atoms with Gasteiger partial charge in [0, 0.05) is 37.0 Å². The van der Waals surface area contributed by atoms with Crippen LogP contribution in [-0.2, 0) is 6.42 Å². The SMILES string of the molecule is O=C(c1cc(Cc2n[nH]c(=O)c3ccccc23)ccc1F)N1CCC(NC2CCCC2)C1. The Hall–Kier alpha value is -3.06. The Kier molecular flexibility index (Phi) is 5.74. The van der Waals surface area contributed by atoms with Gasteiger partial charge in [-0.25, -0.2) is 9.49 Å². The first-order chi connectivity index (χ1) is 15.6. The monoisotopic (exact) mass is 434 g/mol. The van der Waals surface area contributed by atoms with E-state index in [4.69, 9.17) is 0 Å². The number of carbonyl (C=O) groups excluding carboxylic acids is 1. The molecule has 2 fully saturated rings. The maximum atomic E-state index is 14.6. The lowest BCUT2D eigenvalue weighted by atomic mass is 10.0. The number of fused-ring (bicyclic) bond motifs is 1. The number of halogens is 1. The molecule has 1 aromatic heterocycles. The minimum Gasteiger partial charge on any atom is -0.337 e. The fourth-order valence-electron chi connectivity index (χ4n) is 5.02. The van der Waals surface area contributed by atoms with Crippen molar-refractivity contribution in [3.05, 3.63) is 75.5 Å². The Balaban J connectivity index is 1.34. The number of H-pyrrole nitrogens is 1. The topological polar surface area (TPSA) is 78.1 Å². The van der Waals surface area contributed by atoms with Gasteiger partial charge >= 0.3 is 0 Å². The second-order valence-electron chi connectivity index (χ2n) is 8.92. The standard InChI is InChI=1S/C25H27FN4O2/c26-22-10-9-16(14-23-19-7-3-4-8-20(19)24(31)29-28-23)13-21(22)25(32)30-12-11-18(15-30)27-17-5-1-2-6-17/h3-4,7-10,13,17-18,27H,1-2,5-6,11-12,14-15H2,(H,29,31). The van der Waals surface area contributed by atoms with Crippen LogP contribution in [0.25, 0.3) is 10.8 Å². The average Bonchev–Trinajstić information content (AvgIpc) is 3.49. The van der Waals surface area contributed by atoms with Gasteiger partial charge in [-0.1, -0.05) is 37.1 Å². The molecule has 0 bridgehead atoms. The van der Waals surface area contributed by atoms with E-state index in [2.05, 4.69) is 15.5 Å². The molecule has 32 heavy (non-hydrogen) atoms. The Morgan fingerprint density at radius 1 is 1.09 bits per heavy atom. The zero-order chi connectivity index (χ0) is 22.1. The maximum absolute atomic E-state index is 14.6. The summed E-state index contributed by atoms with van der Waals surface area (Å²) in [5.74, 6) is -0.774. The molecule has 1 unspecified atom stereocenters. The highest BCUT2D eigenvalue weighted by atomic mass is 19.1. The van der Waals surface area contributed by atoms with Crippen molar-refractivity contribution in [2.75, 3.05) is 13.1 Å². The van der Waals surface area contributed by atoms with Crippen LogP contribution in [0.2, 0.25) is 0 Å². The summed E-state index contributed by atoms with van der Waals surface area (Å²) >= 11 is 0. The van der Waals surface area contributed by atoms with Crippen molar-refractivity contribution in [3.63, 3.8) is 0 Å². The van der Waals surface area contributed by atoms with Gasteiger partial charge in [0.05, 0.1) is 16.6 Å². The summed E-state index contributed by atoms with van der Waals surface area (Å²) in [6.45, 7) is 1.25. The number of hydrogen-bond donors (Lipinski definition) is 2. The summed E-state index contributed by atoms with van der Waals surface area (Å²) < 4.78 is 14.6. The molecule has 1 saturated heterocycles. The molecule has 2 N–H and O–H groups in total. The summed E-state index contributed by atoms with van der Waals surface area (Å²) in [5, 5.41) is 11.7. The van der Waals surface area contributed by atoms with E-state index in [0.29, 0.717) is 36.6 Å². The summed E-state index contributed by atoms with van der Waals surface area (Å²) in [6.07, 6.45) is 6.23. The molecule has 1 amide bonds. The number of aromatic amines is 1. The smallest absolute Gasteiger partial charge is 0.272 e. The van der Waals surface area contributed by atoms with Crippen molar-refractivity contribution < 1.29 is 9.18 Å². The van der Waals surface area contributed by atoms with E-state index >= 15 is 0 Å². The lowest BCUT2D eigenvalue weighted by Crippen LogP contribution is -2.39. The molecule has 1 aliphatic heterocycles. The fraction of sp³-hybridized carbons (Fsp3) is 0.400. The third kappa shape index (κ3) is 4.17. The van der Waals surface area contributed by atoms with Gasteiger partial charge in [0.1, 0.15) is 5.82 Å². The largest absolute Gasteiger partial charge is 0.337 e. The highest BCUT2D eigenvalue weighted by Gasteiger charge is 2.30. The Bertz CT molecular complexity index is 1200. The third-order valence-corrected chi connectivity index (χ3v) is 6.71. The van der Waals surface area contributed by atoms with Crippen LogP contribution >= 0.6 is 0 Å². The molecule has 0 radical (unpaired) electrons. The number of hydrogen-bond acceptors (Lipinski definition) is 4. The van der Waals surface area contributed by atoms with Crippen molar-refractivity contribution in [1.29, 1.82) is 0 Å². The highest BCUT2D eigenvalue weighted by molar-refractivity contribution is 5.95. The van der Waals surface area contributed by atoms with Gasteiger partial charge < -0.3 is 10.2 Å². The predicted molar refractivity (Wildman–Crippen MR) is 121 cm³/mol. The Labute approximate surface area is 185 Å². The summed E-state index contributed by atoms with van der Waals surface area (Å²) in [6, 6.07) is 12.7. The van der Waals surface area contributed by atoms with E-state index in [1.807, 2.05) is 12.1 Å². The molecule has 2 aromatic carbocycles. The molecule has 5 rings (SSSR count). The normalized spacial score (nSPS) is 19.2. The first-order valence-electron chi connectivity index (χ1n) is 11.4. The second-order valence-corrected chi connectivity index (χ2v) is 8.92. The first-order valence-corrected chi connectivity index (χ1v) is 11.4. The molecule has 0 spiro atoms. The molecule has 6 nitrogen and oxygen atoms in total. The number of likely N-dealkylation sites (tertiary alicyclic amines) is 1. The number of benzene rings is 2. The van der Waals surface area contributed by atoms with Crippen molar-refractivity contribution in [1.82, 2.24) is 20.4 Å². The van der Waals surface area contributed by atoms with Crippen LogP contribution in [0.1, 0.15) is 53.7 Å². The highest BCUT2D eigenvalue weighted by Crippen LogP contribution is 2.23. The van der Waals surface area contributed by atoms with E-state index in [1.165, 1.54) is 31.7 Å². The Morgan fingerprint density at radius 3 is 2.69 bits per heavy atom. The van der Waals surface area contributed by atoms with Crippen LogP contribution in [-0.4, -0.2) is 46.2 Å². The van der Waals surface area contributed by atoms with Crippen LogP contribution in [0.15, 0.2) is 47.3 Å². The lowest BCUT2D eigenvalue weighted by molar-refractivity contribution is 0.0784. The van der Waals surface area contributed by atoms with Gasteiger partial charge in [0.2, 0.25) is 0 Å².